The van der Waals surface area contributed by atoms with Crippen molar-refractivity contribution >= 4 is 28.8 Å². The van der Waals surface area contributed by atoms with Crippen molar-refractivity contribution in [3.05, 3.63) is 75.8 Å². The third kappa shape index (κ3) is 2.06. The Morgan fingerprint density at radius 3 is 2.68 bits per heavy atom. The molecule has 0 atom stereocenters. The molecule has 0 aliphatic carbocycles. The lowest BCUT2D eigenvalue weighted by Crippen LogP contribution is -2.19. The minimum absolute atomic E-state index is 0.0249. The van der Waals surface area contributed by atoms with Crippen LogP contribution in [0.25, 0.3) is 5.57 Å². The van der Waals surface area contributed by atoms with Crippen LogP contribution in [0, 0.1) is 0 Å². The van der Waals surface area contributed by atoms with Crippen LogP contribution in [-0.2, 0) is 4.79 Å². The van der Waals surface area contributed by atoms with E-state index in [2.05, 4.69) is 5.32 Å². The number of hydrogen-bond donors (Lipinski definition) is 1. The van der Waals surface area contributed by atoms with E-state index in [-0.39, 0.29) is 5.91 Å². The quantitative estimate of drug-likeness (QED) is 0.864. The summed E-state index contributed by atoms with van der Waals surface area (Å²) in [6.07, 6.45) is 0. The maximum Gasteiger partial charge on any atom is 0.252 e. The van der Waals surface area contributed by atoms with Crippen LogP contribution in [0.3, 0.4) is 0 Å². The molecule has 3 nitrogen and oxygen atoms in total. The van der Waals surface area contributed by atoms with Gasteiger partial charge in [0, 0.05) is 22.7 Å². The number of hydrogen-bond acceptors (Lipinski definition) is 2. The van der Waals surface area contributed by atoms with Crippen molar-refractivity contribution in [2.24, 2.45) is 4.99 Å². The van der Waals surface area contributed by atoms with Gasteiger partial charge in [-0.15, -0.1) is 0 Å². The number of nitrogens with zero attached hydrogens (tertiary/aromatic N) is 1. The van der Waals surface area contributed by atoms with Crippen molar-refractivity contribution in [1.29, 1.82) is 0 Å². The highest BCUT2D eigenvalue weighted by atomic mass is 35.5. The van der Waals surface area contributed by atoms with Gasteiger partial charge in [0.2, 0.25) is 0 Å². The van der Waals surface area contributed by atoms with Crippen molar-refractivity contribution in [1.82, 2.24) is 5.32 Å². The average Bonchev–Trinajstić information content (AvgIpc) is 2.82. The van der Waals surface area contributed by atoms with Crippen LogP contribution in [0.5, 0.6) is 0 Å². The monoisotopic (exact) mass is 308 g/mol. The van der Waals surface area contributed by atoms with Gasteiger partial charge in [0.1, 0.15) is 0 Å². The van der Waals surface area contributed by atoms with Gasteiger partial charge in [-0.2, -0.15) is 0 Å². The van der Waals surface area contributed by atoms with E-state index >= 15 is 0 Å². The lowest BCUT2D eigenvalue weighted by molar-refractivity contribution is -0.114. The van der Waals surface area contributed by atoms with Gasteiger partial charge in [-0.25, -0.2) is 0 Å². The topological polar surface area (TPSA) is 41.5 Å². The summed E-state index contributed by atoms with van der Waals surface area (Å²) in [4.78, 5) is 17.0. The summed E-state index contributed by atoms with van der Waals surface area (Å²) < 4.78 is 0. The molecule has 2 aliphatic rings. The normalized spacial score (nSPS) is 16.6. The zero-order valence-electron chi connectivity index (χ0n) is 11.8. The molecule has 2 aromatic rings. The van der Waals surface area contributed by atoms with E-state index in [9.17, 15) is 4.79 Å². The highest BCUT2D eigenvalue weighted by Gasteiger charge is 2.29. The number of carbonyl (C=O) groups is 1. The number of halogens is 1. The zero-order valence-corrected chi connectivity index (χ0v) is 12.5. The number of carbonyl (C=O) groups excluding carboxylic acids is 1. The lowest BCUT2D eigenvalue weighted by atomic mass is 9.93. The Labute approximate surface area is 133 Å². The summed E-state index contributed by atoms with van der Waals surface area (Å²) in [7, 11) is 0. The van der Waals surface area contributed by atoms with E-state index in [0.29, 0.717) is 18.1 Å². The Morgan fingerprint density at radius 1 is 1.05 bits per heavy atom. The van der Waals surface area contributed by atoms with Crippen molar-refractivity contribution in [3.8, 4) is 0 Å². The van der Waals surface area contributed by atoms with E-state index in [1.165, 1.54) is 0 Å². The first-order chi connectivity index (χ1) is 10.7. The molecule has 0 saturated heterocycles. The van der Waals surface area contributed by atoms with E-state index < -0.39 is 0 Å². The van der Waals surface area contributed by atoms with Crippen LogP contribution in [-0.4, -0.2) is 24.7 Å². The van der Waals surface area contributed by atoms with Crippen LogP contribution < -0.4 is 5.32 Å². The minimum Gasteiger partial charge on any atom is -0.348 e. The maximum atomic E-state index is 12.2. The average molecular weight is 309 g/mol. The second-order valence-corrected chi connectivity index (χ2v) is 5.82. The molecule has 0 bridgehead atoms. The predicted octanol–water partition coefficient (Wildman–Crippen LogP) is 3.07. The Morgan fingerprint density at radius 2 is 1.86 bits per heavy atom. The summed E-state index contributed by atoms with van der Waals surface area (Å²) in [6.45, 7) is 1.10. The number of aliphatic imine (C=N–C) groups is 1. The van der Waals surface area contributed by atoms with Gasteiger partial charge in [-0.1, -0.05) is 48.0 Å². The second kappa shape index (κ2) is 5.11. The highest BCUT2D eigenvalue weighted by Crippen LogP contribution is 2.32. The first kappa shape index (κ1) is 13.3. The van der Waals surface area contributed by atoms with Gasteiger partial charge in [-0.05, 0) is 23.3 Å². The number of nitrogens with one attached hydrogen (secondary N) is 1. The summed E-state index contributed by atoms with van der Waals surface area (Å²) >= 11 is 6.19. The molecule has 2 heterocycles. The summed E-state index contributed by atoms with van der Waals surface area (Å²) in [5.74, 6) is -0.0249. The summed E-state index contributed by atoms with van der Waals surface area (Å²) in [6, 6.07) is 15.6. The van der Waals surface area contributed by atoms with Gasteiger partial charge in [0.05, 0.1) is 17.8 Å². The Kier molecular flexibility index (Phi) is 3.09. The highest BCUT2D eigenvalue weighted by molar-refractivity contribution is 6.32. The van der Waals surface area contributed by atoms with Crippen LogP contribution in [0.2, 0.25) is 5.02 Å². The van der Waals surface area contributed by atoms with Crippen LogP contribution in [0.15, 0.2) is 59.1 Å². The van der Waals surface area contributed by atoms with Crippen molar-refractivity contribution in [2.75, 3.05) is 13.1 Å². The number of amides is 1. The zero-order chi connectivity index (χ0) is 15.1. The molecular weight excluding hydrogens is 296 g/mol. The van der Waals surface area contributed by atoms with Crippen LogP contribution in [0.4, 0.5) is 0 Å². The molecule has 22 heavy (non-hydrogen) atoms. The summed E-state index contributed by atoms with van der Waals surface area (Å²) in [5.41, 5.74) is 5.55. The van der Waals surface area contributed by atoms with Gasteiger partial charge >= 0.3 is 0 Å². The molecule has 2 aromatic carbocycles. The third-order valence-electron chi connectivity index (χ3n) is 4.02. The maximum absolute atomic E-state index is 12.2. The molecule has 2 aliphatic heterocycles. The van der Waals surface area contributed by atoms with Gasteiger partial charge in [0.25, 0.3) is 5.91 Å². The molecule has 0 aromatic heterocycles. The second-order valence-electron chi connectivity index (χ2n) is 5.38. The lowest BCUT2D eigenvalue weighted by Gasteiger charge is -2.12. The molecule has 0 radical (unpaired) electrons. The molecule has 0 fully saturated rings. The molecule has 1 N–H and O–H groups in total. The molecule has 0 spiro atoms. The predicted molar refractivity (Wildman–Crippen MR) is 88.3 cm³/mol. The molecular formula is C18H13ClN2O. The molecule has 0 unspecified atom stereocenters. The molecule has 4 rings (SSSR count). The third-order valence-corrected chi connectivity index (χ3v) is 4.26. The fourth-order valence-electron chi connectivity index (χ4n) is 3.00. The first-order valence-electron chi connectivity index (χ1n) is 7.14. The fourth-order valence-corrected chi connectivity index (χ4v) is 3.18. The van der Waals surface area contributed by atoms with Crippen LogP contribution in [0.1, 0.15) is 16.7 Å². The van der Waals surface area contributed by atoms with Crippen molar-refractivity contribution in [2.45, 2.75) is 0 Å². The summed E-state index contributed by atoms with van der Waals surface area (Å²) in [5, 5.41) is 3.53. The van der Waals surface area contributed by atoms with E-state index in [1.54, 1.807) is 0 Å². The van der Waals surface area contributed by atoms with E-state index in [1.807, 2.05) is 48.5 Å². The molecule has 0 saturated carbocycles. The Balaban J connectivity index is 1.97. The fraction of sp³-hybridized carbons (Fsp3) is 0.111. The first-order valence-corrected chi connectivity index (χ1v) is 7.52. The van der Waals surface area contributed by atoms with E-state index in [4.69, 9.17) is 16.6 Å². The largest absolute Gasteiger partial charge is 0.348 e. The van der Waals surface area contributed by atoms with Crippen molar-refractivity contribution in [3.63, 3.8) is 0 Å². The number of benzene rings is 2. The Bertz CT molecular complexity index is 837. The van der Waals surface area contributed by atoms with E-state index in [0.717, 1.165) is 33.5 Å². The smallest absolute Gasteiger partial charge is 0.252 e. The molecule has 4 heteroatoms. The standard InChI is InChI=1S/C18H13ClN2O/c19-13-6-7-14-15(8-13)17(11-4-2-1-3-5-11)20-9-12-10-21-18(22)16(12)14/h1-8H,9-10H2,(H,21,22). The van der Waals surface area contributed by atoms with Crippen LogP contribution >= 0.6 is 11.6 Å². The Hall–Kier alpha value is -2.39. The van der Waals surface area contributed by atoms with Crippen molar-refractivity contribution < 1.29 is 4.79 Å². The molecule has 1 amide bonds. The van der Waals surface area contributed by atoms with Gasteiger partial charge < -0.3 is 5.32 Å². The van der Waals surface area contributed by atoms with Gasteiger partial charge in [0.15, 0.2) is 0 Å². The number of fused-ring (bicyclic) bond motifs is 2. The molecule has 108 valence electrons. The SMILES string of the molecule is O=C1NCC2=C1c1ccc(Cl)cc1C(c1ccccc1)=NC2. The number of rotatable bonds is 1. The van der Waals surface area contributed by atoms with Gasteiger partial charge in [-0.3, -0.25) is 9.79 Å². The minimum atomic E-state index is -0.0249.